The second-order valence-electron chi connectivity index (χ2n) is 6.02. The Morgan fingerprint density at radius 3 is 2.30 bits per heavy atom. The van der Waals surface area contributed by atoms with Gasteiger partial charge in [0.15, 0.2) is 0 Å². The molecule has 0 saturated carbocycles. The van der Waals surface area contributed by atoms with Gasteiger partial charge in [-0.25, -0.2) is 8.42 Å². The van der Waals surface area contributed by atoms with Gasteiger partial charge in [0.25, 0.3) is 0 Å². The SMILES string of the molecule is O=S(=O)(c1cncc(Cl)c1N1CCNCC1)N1CCCCCC1. The topological polar surface area (TPSA) is 65.5 Å². The summed E-state index contributed by atoms with van der Waals surface area (Å²) in [5.41, 5.74) is 0.604. The monoisotopic (exact) mass is 358 g/mol. The van der Waals surface area contributed by atoms with Gasteiger partial charge in [-0.15, -0.1) is 0 Å². The first-order valence-electron chi connectivity index (χ1n) is 8.20. The van der Waals surface area contributed by atoms with E-state index in [1.165, 1.54) is 12.4 Å². The molecule has 8 heteroatoms. The second-order valence-corrected chi connectivity index (χ2v) is 8.34. The van der Waals surface area contributed by atoms with E-state index in [4.69, 9.17) is 11.6 Å². The molecule has 0 spiro atoms. The van der Waals surface area contributed by atoms with E-state index in [2.05, 4.69) is 10.3 Å². The molecule has 23 heavy (non-hydrogen) atoms. The second kappa shape index (κ2) is 7.34. The van der Waals surface area contributed by atoms with Crippen LogP contribution >= 0.6 is 11.6 Å². The Morgan fingerprint density at radius 1 is 1.00 bits per heavy atom. The van der Waals surface area contributed by atoms with E-state index in [9.17, 15) is 8.42 Å². The van der Waals surface area contributed by atoms with E-state index in [0.717, 1.165) is 51.9 Å². The molecule has 0 unspecified atom stereocenters. The molecule has 0 bridgehead atoms. The van der Waals surface area contributed by atoms with Crippen LogP contribution in [0.15, 0.2) is 17.3 Å². The van der Waals surface area contributed by atoms with Crippen molar-refractivity contribution in [2.24, 2.45) is 0 Å². The van der Waals surface area contributed by atoms with Crippen molar-refractivity contribution < 1.29 is 8.42 Å². The highest BCUT2D eigenvalue weighted by molar-refractivity contribution is 7.89. The van der Waals surface area contributed by atoms with Crippen molar-refractivity contribution in [2.45, 2.75) is 30.6 Å². The van der Waals surface area contributed by atoms with Crippen molar-refractivity contribution >= 4 is 27.3 Å². The average Bonchev–Trinajstić information content (AvgIpc) is 2.85. The van der Waals surface area contributed by atoms with E-state index in [0.29, 0.717) is 23.8 Å². The van der Waals surface area contributed by atoms with E-state index in [1.54, 1.807) is 4.31 Å². The maximum atomic E-state index is 13.1. The summed E-state index contributed by atoms with van der Waals surface area (Å²) < 4.78 is 27.9. The summed E-state index contributed by atoms with van der Waals surface area (Å²) in [5.74, 6) is 0. The lowest BCUT2D eigenvalue weighted by Crippen LogP contribution is -2.44. The number of pyridine rings is 1. The molecule has 2 fully saturated rings. The lowest BCUT2D eigenvalue weighted by Gasteiger charge is -2.32. The largest absolute Gasteiger partial charge is 0.367 e. The van der Waals surface area contributed by atoms with Gasteiger partial charge < -0.3 is 10.2 Å². The van der Waals surface area contributed by atoms with Gasteiger partial charge in [-0.05, 0) is 12.8 Å². The van der Waals surface area contributed by atoms with Gasteiger partial charge in [0, 0.05) is 51.7 Å². The number of aromatic nitrogens is 1. The van der Waals surface area contributed by atoms with Crippen LogP contribution in [0.5, 0.6) is 0 Å². The Bertz CT molecular complexity index is 639. The van der Waals surface area contributed by atoms with Crippen LogP contribution < -0.4 is 10.2 Å². The third-order valence-electron chi connectivity index (χ3n) is 4.46. The third-order valence-corrected chi connectivity index (χ3v) is 6.63. The standard InChI is InChI=1S/C15H23ClN4O2S/c16-13-11-18-12-14(15(13)19-9-5-17-6-10-19)23(21,22)20-7-3-1-2-4-8-20/h11-12,17H,1-10H2. The van der Waals surface area contributed by atoms with E-state index in [-0.39, 0.29) is 4.90 Å². The van der Waals surface area contributed by atoms with Crippen LogP contribution in [0.25, 0.3) is 0 Å². The van der Waals surface area contributed by atoms with Gasteiger partial charge in [0.1, 0.15) is 4.90 Å². The molecular formula is C15H23ClN4O2S. The highest BCUT2D eigenvalue weighted by atomic mass is 35.5. The molecule has 2 aliphatic rings. The highest BCUT2D eigenvalue weighted by Crippen LogP contribution is 2.34. The minimum absolute atomic E-state index is 0.244. The van der Waals surface area contributed by atoms with Crippen molar-refractivity contribution in [2.75, 3.05) is 44.2 Å². The molecule has 6 nitrogen and oxygen atoms in total. The number of halogens is 1. The highest BCUT2D eigenvalue weighted by Gasteiger charge is 2.31. The first kappa shape index (κ1) is 17.0. The summed E-state index contributed by atoms with van der Waals surface area (Å²) in [5, 5.41) is 3.68. The van der Waals surface area contributed by atoms with Crippen LogP contribution in [0, 0.1) is 0 Å². The summed E-state index contributed by atoms with van der Waals surface area (Å²) in [4.78, 5) is 6.34. The summed E-state index contributed by atoms with van der Waals surface area (Å²) in [6.45, 7) is 4.29. The number of nitrogens with zero attached hydrogens (tertiary/aromatic N) is 3. The van der Waals surface area contributed by atoms with Gasteiger partial charge >= 0.3 is 0 Å². The Balaban J connectivity index is 1.99. The third kappa shape index (κ3) is 3.63. The first-order valence-corrected chi connectivity index (χ1v) is 10.0. The van der Waals surface area contributed by atoms with Crippen LogP contribution in [-0.4, -0.2) is 57.0 Å². The van der Waals surface area contributed by atoms with Gasteiger partial charge in [-0.3, -0.25) is 4.98 Å². The molecule has 0 amide bonds. The fourth-order valence-electron chi connectivity index (χ4n) is 3.22. The summed E-state index contributed by atoms with van der Waals surface area (Å²) >= 11 is 6.33. The molecule has 2 saturated heterocycles. The molecule has 0 radical (unpaired) electrons. The van der Waals surface area contributed by atoms with Crippen LogP contribution in [0.1, 0.15) is 25.7 Å². The number of hydrogen-bond donors (Lipinski definition) is 1. The predicted octanol–water partition coefficient (Wildman–Crippen LogP) is 1.71. The quantitative estimate of drug-likeness (QED) is 0.891. The Morgan fingerprint density at radius 2 is 1.65 bits per heavy atom. The smallest absolute Gasteiger partial charge is 0.246 e. The molecular weight excluding hydrogens is 336 g/mol. The Kier molecular flexibility index (Phi) is 5.41. The zero-order chi connectivity index (χ0) is 16.3. The fourth-order valence-corrected chi connectivity index (χ4v) is 5.24. The lowest BCUT2D eigenvalue weighted by atomic mass is 10.2. The van der Waals surface area contributed by atoms with Crippen molar-refractivity contribution in [3.63, 3.8) is 0 Å². The number of hydrogen-bond acceptors (Lipinski definition) is 5. The molecule has 2 aliphatic heterocycles. The van der Waals surface area contributed by atoms with Crippen molar-refractivity contribution in [1.29, 1.82) is 0 Å². The normalized spacial score (nSPS) is 21.2. The predicted molar refractivity (Wildman–Crippen MR) is 91.6 cm³/mol. The van der Waals surface area contributed by atoms with E-state index >= 15 is 0 Å². The Labute approximate surface area is 142 Å². The number of piperazine rings is 1. The van der Waals surface area contributed by atoms with E-state index < -0.39 is 10.0 Å². The molecule has 0 aromatic carbocycles. The maximum Gasteiger partial charge on any atom is 0.246 e. The molecule has 0 atom stereocenters. The number of nitrogens with one attached hydrogen (secondary N) is 1. The van der Waals surface area contributed by atoms with Gasteiger partial charge in [0.05, 0.1) is 10.7 Å². The van der Waals surface area contributed by atoms with Crippen LogP contribution in [-0.2, 0) is 10.0 Å². The summed E-state index contributed by atoms with van der Waals surface area (Å²) in [6.07, 6.45) is 6.98. The van der Waals surface area contributed by atoms with Gasteiger partial charge in [-0.1, -0.05) is 24.4 Å². The average molecular weight is 359 g/mol. The molecule has 0 aliphatic carbocycles. The molecule has 1 aromatic heterocycles. The summed E-state index contributed by atoms with van der Waals surface area (Å²) in [6, 6.07) is 0. The van der Waals surface area contributed by atoms with Crippen LogP contribution in [0.3, 0.4) is 0 Å². The van der Waals surface area contributed by atoms with Crippen molar-refractivity contribution in [1.82, 2.24) is 14.6 Å². The van der Waals surface area contributed by atoms with Crippen LogP contribution in [0.2, 0.25) is 5.02 Å². The molecule has 128 valence electrons. The van der Waals surface area contributed by atoms with Gasteiger partial charge in [0.2, 0.25) is 10.0 Å². The van der Waals surface area contributed by atoms with E-state index in [1.807, 2.05) is 4.90 Å². The fraction of sp³-hybridized carbons (Fsp3) is 0.667. The van der Waals surface area contributed by atoms with Gasteiger partial charge in [-0.2, -0.15) is 4.31 Å². The zero-order valence-corrected chi connectivity index (χ0v) is 14.7. The molecule has 3 rings (SSSR count). The minimum atomic E-state index is -3.56. The first-order chi connectivity index (χ1) is 11.1. The zero-order valence-electron chi connectivity index (χ0n) is 13.2. The number of anilines is 1. The molecule has 1 N–H and O–H groups in total. The molecule has 3 heterocycles. The van der Waals surface area contributed by atoms with Crippen molar-refractivity contribution in [3.8, 4) is 0 Å². The lowest BCUT2D eigenvalue weighted by molar-refractivity contribution is 0.423. The van der Waals surface area contributed by atoms with Crippen molar-refractivity contribution in [3.05, 3.63) is 17.4 Å². The molecule has 1 aromatic rings. The maximum absolute atomic E-state index is 13.1. The summed E-state index contributed by atoms with van der Waals surface area (Å²) in [7, 11) is -3.56. The minimum Gasteiger partial charge on any atom is -0.367 e. The number of rotatable bonds is 3. The van der Waals surface area contributed by atoms with Crippen LogP contribution in [0.4, 0.5) is 5.69 Å². The number of sulfonamides is 1. The Hall–Kier alpha value is -0.890.